The first-order valence-electron chi connectivity index (χ1n) is 4.85. The van der Waals surface area contributed by atoms with Gasteiger partial charge in [0, 0.05) is 6.04 Å². The van der Waals surface area contributed by atoms with Crippen LogP contribution in [0.25, 0.3) is 4.96 Å². The highest BCUT2D eigenvalue weighted by atomic mass is 32.1. The lowest BCUT2D eigenvalue weighted by molar-refractivity contribution is 0.0943. The summed E-state index contributed by atoms with van der Waals surface area (Å²) in [5.41, 5.74) is 3.00. The van der Waals surface area contributed by atoms with Crippen LogP contribution >= 0.6 is 11.3 Å². The van der Waals surface area contributed by atoms with Gasteiger partial charge in [0.05, 0.1) is 5.69 Å². The van der Waals surface area contributed by atoms with Crippen LogP contribution in [0.15, 0.2) is 5.51 Å². The Hall–Kier alpha value is -1.43. The number of rotatable bonds is 2. The fourth-order valence-corrected chi connectivity index (χ4v) is 2.20. The van der Waals surface area contributed by atoms with E-state index in [1.807, 2.05) is 6.92 Å². The second-order valence-corrected chi connectivity index (χ2v) is 4.54. The molecule has 0 aromatic carbocycles. The molecule has 15 heavy (non-hydrogen) atoms. The zero-order valence-corrected chi connectivity index (χ0v) is 9.04. The molecule has 0 bridgehead atoms. The summed E-state index contributed by atoms with van der Waals surface area (Å²) in [4.78, 5) is 16.9. The number of carbonyl (C=O) groups is 1. The van der Waals surface area contributed by atoms with Crippen LogP contribution in [0.1, 0.15) is 29.0 Å². The van der Waals surface area contributed by atoms with Gasteiger partial charge < -0.3 is 5.32 Å². The Bertz CT molecular complexity index is 525. The first-order valence-corrected chi connectivity index (χ1v) is 5.73. The third kappa shape index (κ3) is 1.41. The molecule has 5 nitrogen and oxygen atoms in total. The van der Waals surface area contributed by atoms with Crippen LogP contribution in [0.2, 0.25) is 0 Å². The maximum absolute atomic E-state index is 11.9. The smallest absolute Gasteiger partial charge is 0.272 e. The second kappa shape index (κ2) is 3.03. The van der Waals surface area contributed by atoms with E-state index in [2.05, 4.69) is 15.4 Å². The van der Waals surface area contributed by atoms with Gasteiger partial charge in [-0.05, 0) is 19.8 Å². The van der Waals surface area contributed by atoms with Gasteiger partial charge in [-0.25, -0.2) is 4.98 Å². The number of carbonyl (C=O) groups excluding carboxylic acids is 1. The van der Waals surface area contributed by atoms with Gasteiger partial charge in [0.2, 0.25) is 4.96 Å². The minimum Gasteiger partial charge on any atom is -0.348 e. The largest absolute Gasteiger partial charge is 0.348 e. The molecule has 0 aliphatic heterocycles. The zero-order chi connectivity index (χ0) is 10.4. The zero-order valence-electron chi connectivity index (χ0n) is 8.23. The van der Waals surface area contributed by atoms with Crippen molar-refractivity contribution in [3.63, 3.8) is 0 Å². The highest BCUT2D eigenvalue weighted by molar-refractivity contribution is 7.14. The van der Waals surface area contributed by atoms with Crippen molar-refractivity contribution in [2.75, 3.05) is 0 Å². The predicted molar refractivity (Wildman–Crippen MR) is 56.1 cm³/mol. The van der Waals surface area contributed by atoms with Crippen molar-refractivity contribution in [3.8, 4) is 0 Å². The Balaban J connectivity index is 2.03. The first-order chi connectivity index (χ1) is 7.25. The molecule has 1 fully saturated rings. The summed E-state index contributed by atoms with van der Waals surface area (Å²) in [5.74, 6) is -0.0617. The molecule has 2 aromatic rings. The summed E-state index contributed by atoms with van der Waals surface area (Å²) in [6, 6.07) is 0.362. The van der Waals surface area contributed by atoms with Crippen LogP contribution in [0.3, 0.4) is 0 Å². The van der Waals surface area contributed by atoms with Crippen LogP contribution in [-0.2, 0) is 0 Å². The summed E-state index contributed by atoms with van der Waals surface area (Å²) in [5, 5.41) is 7.04. The SMILES string of the molecule is Cc1nc2scnn2c1C(=O)NC1CC1. The molecule has 1 saturated carbocycles. The third-order valence-electron chi connectivity index (χ3n) is 2.45. The van der Waals surface area contributed by atoms with E-state index in [1.54, 1.807) is 10.0 Å². The van der Waals surface area contributed by atoms with Gasteiger partial charge in [-0.2, -0.15) is 9.61 Å². The van der Waals surface area contributed by atoms with E-state index in [1.165, 1.54) is 11.3 Å². The number of aryl methyl sites for hydroxylation is 1. The normalized spacial score (nSPS) is 15.8. The number of hydrogen-bond donors (Lipinski definition) is 1. The molecule has 2 heterocycles. The van der Waals surface area contributed by atoms with Crippen LogP contribution in [0, 0.1) is 6.92 Å². The highest BCUT2D eigenvalue weighted by Crippen LogP contribution is 2.20. The average molecular weight is 222 g/mol. The van der Waals surface area contributed by atoms with Gasteiger partial charge in [-0.15, -0.1) is 0 Å². The number of nitrogens with zero attached hydrogens (tertiary/aromatic N) is 3. The average Bonchev–Trinajstić information content (AvgIpc) is 2.76. The molecule has 2 aromatic heterocycles. The number of hydrogen-bond acceptors (Lipinski definition) is 4. The Kier molecular flexibility index (Phi) is 1.79. The highest BCUT2D eigenvalue weighted by Gasteiger charge is 2.26. The molecule has 1 aliphatic rings. The molecule has 78 valence electrons. The lowest BCUT2D eigenvalue weighted by Crippen LogP contribution is -2.27. The molecule has 1 amide bonds. The molecule has 3 rings (SSSR count). The van der Waals surface area contributed by atoms with Crippen LogP contribution in [-0.4, -0.2) is 26.5 Å². The van der Waals surface area contributed by atoms with Crippen molar-refractivity contribution in [1.29, 1.82) is 0 Å². The van der Waals surface area contributed by atoms with E-state index in [0.29, 0.717) is 11.7 Å². The molecule has 0 saturated heterocycles. The number of amides is 1. The van der Waals surface area contributed by atoms with E-state index < -0.39 is 0 Å². The fraction of sp³-hybridized carbons (Fsp3) is 0.444. The van der Waals surface area contributed by atoms with Gasteiger partial charge in [0.25, 0.3) is 5.91 Å². The molecule has 1 aliphatic carbocycles. The van der Waals surface area contributed by atoms with E-state index in [-0.39, 0.29) is 5.91 Å². The van der Waals surface area contributed by atoms with Crippen molar-refractivity contribution < 1.29 is 4.79 Å². The van der Waals surface area contributed by atoms with Gasteiger partial charge >= 0.3 is 0 Å². The van der Waals surface area contributed by atoms with Crippen molar-refractivity contribution in [2.24, 2.45) is 0 Å². The van der Waals surface area contributed by atoms with Gasteiger partial charge in [0.15, 0.2) is 5.69 Å². The van der Waals surface area contributed by atoms with Gasteiger partial charge in [-0.1, -0.05) is 11.3 Å². The Morgan fingerprint density at radius 3 is 3.20 bits per heavy atom. The van der Waals surface area contributed by atoms with Crippen LogP contribution in [0.5, 0.6) is 0 Å². The molecule has 6 heteroatoms. The van der Waals surface area contributed by atoms with Crippen molar-refractivity contribution >= 4 is 22.2 Å². The topological polar surface area (TPSA) is 59.3 Å². The number of fused-ring (bicyclic) bond motifs is 1. The van der Waals surface area contributed by atoms with Gasteiger partial charge in [0.1, 0.15) is 5.51 Å². The molecule has 0 unspecified atom stereocenters. The number of nitrogens with one attached hydrogen (secondary N) is 1. The lowest BCUT2D eigenvalue weighted by Gasteiger charge is -2.01. The minimum absolute atomic E-state index is 0.0617. The van der Waals surface area contributed by atoms with Crippen molar-refractivity contribution in [1.82, 2.24) is 19.9 Å². The first kappa shape index (κ1) is 8.84. The van der Waals surface area contributed by atoms with Crippen LogP contribution < -0.4 is 5.32 Å². The molecule has 0 radical (unpaired) electrons. The van der Waals surface area contributed by atoms with Gasteiger partial charge in [-0.3, -0.25) is 4.79 Å². The monoisotopic (exact) mass is 222 g/mol. The Labute approximate surface area is 90.1 Å². The number of imidazole rings is 1. The third-order valence-corrected chi connectivity index (χ3v) is 3.12. The maximum Gasteiger partial charge on any atom is 0.272 e. The molecule has 1 N–H and O–H groups in total. The van der Waals surface area contributed by atoms with E-state index in [0.717, 1.165) is 23.5 Å². The summed E-state index contributed by atoms with van der Waals surface area (Å²) in [7, 11) is 0. The molecular formula is C9H10N4OS. The minimum atomic E-state index is -0.0617. The molecule has 0 spiro atoms. The van der Waals surface area contributed by atoms with Crippen molar-refractivity contribution in [2.45, 2.75) is 25.8 Å². The van der Waals surface area contributed by atoms with E-state index in [4.69, 9.17) is 0 Å². The number of aromatic nitrogens is 3. The summed E-state index contributed by atoms with van der Waals surface area (Å²) >= 11 is 1.43. The van der Waals surface area contributed by atoms with Crippen LogP contribution in [0.4, 0.5) is 0 Å². The Morgan fingerprint density at radius 1 is 1.67 bits per heavy atom. The Morgan fingerprint density at radius 2 is 2.47 bits per heavy atom. The predicted octanol–water partition coefficient (Wildman–Crippen LogP) is 0.991. The summed E-state index contributed by atoms with van der Waals surface area (Å²) in [6.45, 7) is 1.84. The standard InChI is InChI=1S/C9H10N4OS/c1-5-7(8(14)12-6-2-3-6)13-9(11-5)15-4-10-13/h4,6H,2-3H2,1H3,(H,12,14). The van der Waals surface area contributed by atoms with E-state index in [9.17, 15) is 4.79 Å². The molecular weight excluding hydrogens is 212 g/mol. The maximum atomic E-state index is 11.9. The summed E-state index contributed by atoms with van der Waals surface area (Å²) < 4.78 is 1.61. The molecule has 0 atom stereocenters. The fourth-order valence-electron chi connectivity index (χ4n) is 1.54. The lowest BCUT2D eigenvalue weighted by atomic mass is 10.3. The quantitative estimate of drug-likeness (QED) is 0.824. The van der Waals surface area contributed by atoms with E-state index >= 15 is 0 Å². The van der Waals surface area contributed by atoms with Crippen molar-refractivity contribution in [3.05, 3.63) is 16.9 Å². The summed E-state index contributed by atoms with van der Waals surface area (Å²) in [6.07, 6.45) is 2.17. The second-order valence-electron chi connectivity index (χ2n) is 3.73.